The normalized spacial score (nSPS) is 17.9. The van der Waals surface area contributed by atoms with Crippen LogP contribution >= 0.6 is 15.9 Å². The SMILES string of the molecule is COc1cc(Br)c2c(c1OC)C(=O)C(C(C)=O)CC2. The zero-order valence-electron chi connectivity index (χ0n) is 11.1. The first-order valence-corrected chi connectivity index (χ1v) is 6.78. The number of methoxy groups -OCH3 is 2. The molecule has 0 aromatic heterocycles. The van der Waals surface area contributed by atoms with Crippen LogP contribution in [0.5, 0.6) is 11.5 Å². The number of ketones is 2. The lowest BCUT2D eigenvalue weighted by molar-refractivity contribution is -0.119. The molecule has 1 aromatic carbocycles. The number of fused-ring (bicyclic) bond motifs is 1. The molecule has 0 fully saturated rings. The average molecular weight is 327 g/mol. The van der Waals surface area contributed by atoms with Gasteiger partial charge in [0.2, 0.25) is 0 Å². The Kier molecular flexibility index (Phi) is 3.94. The Morgan fingerprint density at radius 1 is 1.37 bits per heavy atom. The van der Waals surface area contributed by atoms with Crippen molar-refractivity contribution in [3.63, 3.8) is 0 Å². The van der Waals surface area contributed by atoms with Crippen LogP contribution in [0.15, 0.2) is 10.5 Å². The zero-order chi connectivity index (χ0) is 14.2. The molecule has 1 aliphatic carbocycles. The molecule has 0 amide bonds. The Bertz CT molecular complexity index is 551. The maximum atomic E-state index is 12.5. The van der Waals surface area contributed by atoms with Gasteiger partial charge < -0.3 is 9.47 Å². The number of hydrogen-bond donors (Lipinski definition) is 0. The first-order chi connectivity index (χ1) is 9.01. The van der Waals surface area contributed by atoms with E-state index in [-0.39, 0.29) is 11.6 Å². The highest BCUT2D eigenvalue weighted by molar-refractivity contribution is 9.10. The molecule has 1 aromatic rings. The molecule has 1 unspecified atom stereocenters. The molecule has 0 spiro atoms. The van der Waals surface area contributed by atoms with Gasteiger partial charge >= 0.3 is 0 Å². The van der Waals surface area contributed by atoms with E-state index in [2.05, 4.69) is 15.9 Å². The van der Waals surface area contributed by atoms with Gasteiger partial charge in [-0.3, -0.25) is 9.59 Å². The summed E-state index contributed by atoms with van der Waals surface area (Å²) in [6.07, 6.45) is 1.22. The van der Waals surface area contributed by atoms with Crippen molar-refractivity contribution in [3.05, 3.63) is 21.7 Å². The number of hydrogen-bond acceptors (Lipinski definition) is 4. The summed E-state index contributed by atoms with van der Waals surface area (Å²) in [4.78, 5) is 24.0. The van der Waals surface area contributed by atoms with Crippen molar-refractivity contribution >= 4 is 27.5 Å². The Morgan fingerprint density at radius 3 is 2.58 bits per heavy atom. The molecule has 0 saturated heterocycles. The second-order valence-electron chi connectivity index (χ2n) is 4.51. The minimum Gasteiger partial charge on any atom is -0.493 e. The largest absolute Gasteiger partial charge is 0.493 e. The zero-order valence-corrected chi connectivity index (χ0v) is 12.7. The molecule has 5 heteroatoms. The number of rotatable bonds is 3. The summed E-state index contributed by atoms with van der Waals surface area (Å²) in [5.41, 5.74) is 1.36. The lowest BCUT2D eigenvalue weighted by Crippen LogP contribution is -2.28. The molecule has 102 valence electrons. The van der Waals surface area contributed by atoms with E-state index >= 15 is 0 Å². The summed E-state index contributed by atoms with van der Waals surface area (Å²) in [5, 5.41) is 0. The van der Waals surface area contributed by atoms with Crippen LogP contribution in [0.1, 0.15) is 29.3 Å². The highest BCUT2D eigenvalue weighted by Crippen LogP contribution is 2.42. The molecule has 0 aliphatic heterocycles. The topological polar surface area (TPSA) is 52.6 Å². The Balaban J connectivity index is 2.66. The van der Waals surface area contributed by atoms with Gasteiger partial charge in [0.1, 0.15) is 5.78 Å². The van der Waals surface area contributed by atoms with Crippen molar-refractivity contribution in [2.24, 2.45) is 5.92 Å². The van der Waals surface area contributed by atoms with Gasteiger partial charge in [-0.15, -0.1) is 0 Å². The monoisotopic (exact) mass is 326 g/mol. The Hall–Kier alpha value is -1.36. The summed E-state index contributed by atoms with van der Waals surface area (Å²) in [5.74, 6) is 0.0598. The van der Waals surface area contributed by atoms with Gasteiger partial charge in [-0.2, -0.15) is 0 Å². The molecule has 1 atom stereocenters. The van der Waals surface area contributed by atoms with Gasteiger partial charge in [-0.25, -0.2) is 0 Å². The molecule has 0 heterocycles. The van der Waals surface area contributed by atoms with Crippen LogP contribution in [0.3, 0.4) is 0 Å². The molecule has 19 heavy (non-hydrogen) atoms. The van der Waals surface area contributed by atoms with E-state index in [9.17, 15) is 9.59 Å². The molecule has 4 nitrogen and oxygen atoms in total. The van der Waals surface area contributed by atoms with E-state index in [0.717, 1.165) is 10.0 Å². The fourth-order valence-electron chi connectivity index (χ4n) is 2.49. The van der Waals surface area contributed by atoms with Crippen molar-refractivity contribution < 1.29 is 19.1 Å². The molecule has 0 N–H and O–H groups in total. The van der Waals surface area contributed by atoms with Crippen LogP contribution in [-0.2, 0) is 11.2 Å². The predicted molar refractivity (Wildman–Crippen MR) is 74.1 cm³/mol. The van der Waals surface area contributed by atoms with E-state index in [1.165, 1.54) is 21.1 Å². The van der Waals surface area contributed by atoms with E-state index < -0.39 is 5.92 Å². The fraction of sp³-hybridized carbons (Fsp3) is 0.429. The minimum atomic E-state index is -0.569. The molecule has 0 radical (unpaired) electrons. The van der Waals surface area contributed by atoms with Crippen LogP contribution in [0.2, 0.25) is 0 Å². The van der Waals surface area contributed by atoms with Gasteiger partial charge in [0.05, 0.1) is 25.7 Å². The maximum Gasteiger partial charge on any atom is 0.177 e. The third kappa shape index (κ3) is 2.27. The number of benzene rings is 1. The molecular weight excluding hydrogens is 312 g/mol. The Labute approximate surface area is 120 Å². The van der Waals surface area contributed by atoms with Gasteiger partial charge in [0.15, 0.2) is 17.3 Å². The lowest BCUT2D eigenvalue weighted by Gasteiger charge is -2.25. The fourth-order valence-corrected chi connectivity index (χ4v) is 3.09. The van der Waals surface area contributed by atoms with Gasteiger partial charge in [-0.1, -0.05) is 15.9 Å². The van der Waals surface area contributed by atoms with E-state index in [4.69, 9.17) is 9.47 Å². The van der Waals surface area contributed by atoms with Crippen LogP contribution < -0.4 is 9.47 Å². The molecular formula is C14H15BrO4. The van der Waals surface area contributed by atoms with Crippen molar-refractivity contribution in [1.29, 1.82) is 0 Å². The standard InChI is InChI=1S/C14H15BrO4/c1-7(16)8-4-5-9-10(15)6-11(18-2)14(19-3)12(9)13(8)17/h6,8H,4-5H2,1-3H3. The number of carbonyl (C=O) groups is 2. The summed E-state index contributed by atoms with van der Waals surface area (Å²) in [7, 11) is 3.02. The van der Waals surface area contributed by atoms with Crippen molar-refractivity contribution in [3.8, 4) is 11.5 Å². The van der Waals surface area contributed by atoms with Crippen LogP contribution in [-0.4, -0.2) is 25.8 Å². The third-order valence-electron chi connectivity index (χ3n) is 3.46. The third-order valence-corrected chi connectivity index (χ3v) is 4.17. The summed E-state index contributed by atoms with van der Waals surface area (Å²) in [6, 6.07) is 1.79. The minimum absolute atomic E-state index is 0.100. The van der Waals surface area contributed by atoms with Gasteiger partial charge in [0.25, 0.3) is 0 Å². The summed E-state index contributed by atoms with van der Waals surface area (Å²) in [6.45, 7) is 1.45. The van der Waals surface area contributed by atoms with Gasteiger partial charge in [-0.05, 0) is 31.4 Å². The quantitative estimate of drug-likeness (QED) is 0.801. The van der Waals surface area contributed by atoms with Crippen LogP contribution in [0.25, 0.3) is 0 Å². The highest BCUT2D eigenvalue weighted by atomic mass is 79.9. The second kappa shape index (κ2) is 5.33. The van der Waals surface area contributed by atoms with E-state index in [1.54, 1.807) is 6.07 Å². The van der Waals surface area contributed by atoms with Crippen molar-refractivity contribution in [2.45, 2.75) is 19.8 Å². The smallest absolute Gasteiger partial charge is 0.177 e. The predicted octanol–water partition coefficient (Wildman–Crippen LogP) is 2.80. The highest BCUT2D eigenvalue weighted by Gasteiger charge is 2.35. The Morgan fingerprint density at radius 2 is 2.05 bits per heavy atom. The van der Waals surface area contributed by atoms with Gasteiger partial charge in [0, 0.05) is 4.47 Å². The number of Topliss-reactive ketones (excluding diaryl/α,β-unsaturated/α-hetero) is 2. The van der Waals surface area contributed by atoms with Crippen LogP contribution in [0.4, 0.5) is 0 Å². The first kappa shape index (κ1) is 14.1. The maximum absolute atomic E-state index is 12.5. The number of halogens is 1. The summed E-state index contributed by atoms with van der Waals surface area (Å²) >= 11 is 3.45. The summed E-state index contributed by atoms with van der Waals surface area (Å²) < 4.78 is 11.4. The number of carbonyl (C=O) groups excluding carboxylic acids is 2. The average Bonchev–Trinajstić information content (AvgIpc) is 2.38. The first-order valence-electron chi connectivity index (χ1n) is 5.99. The molecule has 2 rings (SSSR count). The van der Waals surface area contributed by atoms with E-state index in [1.807, 2.05) is 0 Å². The lowest BCUT2D eigenvalue weighted by atomic mass is 9.80. The number of ether oxygens (including phenoxy) is 2. The molecule has 0 saturated carbocycles. The molecule has 0 bridgehead atoms. The van der Waals surface area contributed by atoms with E-state index in [0.29, 0.717) is 29.9 Å². The van der Waals surface area contributed by atoms with Crippen molar-refractivity contribution in [1.82, 2.24) is 0 Å². The van der Waals surface area contributed by atoms with Crippen LogP contribution in [0, 0.1) is 5.92 Å². The molecule has 1 aliphatic rings. The second-order valence-corrected chi connectivity index (χ2v) is 5.37. The van der Waals surface area contributed by atoms with Crippen molar-refractivity contribution in [2.75, 3.05) is 14.2 Å².